The first-order valence-corrected chi connectivity index (χ1v) is 6.31. The first-order valence-electron chi connectivity index (χ1n) is 6.31. The van der Waals surface area contributed by atoms with E-state index in [-0.39, 0.29) is 17.2 Å². The Labute approximate surface area is 106 Å². The van der Waals surface area contributed by atoms with Crippen LogP contribution in [0.3, 0.4) is 0 Å². The van der Waals surface area contributed by atoms with Crippen LogP contribution in [0.25, 0.3) is 0 Å². The summed E-state index contributed by atoms with van der Waals surface area (Å²) in [5.74, 6) is 0.848. The van der Waals surface area contributed by atoms with Crippen LogP contribution in [0.5, 0.6) is 0 Å². The summed E-state index contributed by atoms with van der Waals surface area (Å²) in [5, 5.41) is 0. The molecule has 3 rings (SSSR count). The lowest BCUT2D eigenvalue weighted by molar-refractivity contribution is -0.133. The summed E-state index contributed by atoms with van der Waals surface area (Å²) in [6.45, 7) is 6.10. The molecule has 0 bridgehead atoms. The Balaban J connectivity index is 2.17. The van der Waals surface area contributed by atoms with Gasteiger partial charge < -0.3 is 4.74 Å². The van der Waals surface area contributed by atoms with E-state index in [0.717, 1.165) is 17.6 Å². The minimum Gasteiger partial charge on any atom is -0.423 e. The number of hydrogen-bond donors (Lipinski definition) is 0. The van der Waals surface area contributed by atoms with E-state index in [1.54, 1.807) is 6.08 Å². The van der Waals surface area contributed by atoms with Crippen molar-refractivity contribution in [1.82, 2.24) is 0 Å². The van der Waals surface area contributed by atoms with E-state index in [1.807, 2.05) is 13.0 Å². The normalized spacial score (nSPS) is 34.7. The summed E-state index contributed by atoms with van der Waals surface area (Å²) in [6.07, 6.45) is 4.97. The molecule has 0 aromatic heterocycles. The van der Waals surface area contributed by atoms with Gasteiger partial charge in [0.15, 0.2) is 5.78 Å². The Morgan fingerprint density at radius 1 is 1.33 bits per heavy atom. The molecule has 0 spiro atoms. The summed E-state index contributed by atoms with van der Waals surface area (Å²) in [6, 6.07) is 0. The Morgan fingerprint density at radius 3 is 2.78 bits per heavy atom. The quantitative estimate of drug-likeness (QED) is 0.615. The van der Waals surface area contributed by atoms with Crippen molar-refractivity contribution in [1.29, 1.82) is 0 Å². The minimum atomic E-state index is -0.252. The fourth-order valence-electron chi connectivity index (χ4n) is 3.08. The first-order chi connectivity index (χ1) is 8.41. The molecule has 18 heavy (non-hydrogen) atoms. The predicted octanol–water partition coefficient (Wildman–Crippen LogP) is 2.69. The monoisotopic (exact) mass is 244 g/mol. The standard InChI is InChI=1S/C15H16O3/c1-8-4-11(16)5-10-6-13-12(7-15(8,10)3)9(2)14(17)18-13/h5-6,8H,4,7H2,1-3H3/t8-,15+/m0/s1. The summed E-state index contributed by atoms with van der Waals surface area (Å²) in [4.78, 5) is 23.3. The van der Waals surface area contributed by atoms with E-state index in [2.05, 4.69) is 13.8 Å². The maximum Gasteiger partial charge on any atom is 0.339 e. The highest BCUT2D eigenvalue weighted by molar-refractivity contribution is 5.96. The molecule has 3 aliphatic rings. The molecular weight excluding hydrogens is 228 g/mol. The Bertz CT molecular complexity index is 562. The van der Waals surface area contributed by atoms with Crippen LogP contribution in [0.1, 0.15) is 33.6 Å². The molecule has 0 fully saturated rings. The third-order valence-corrected chi connectivity index (χ3v) is 4.66. The average molecular weight is 244 g/mol. The maximum absolute atomic E-state index is 11.7. The highest BCUT2D eigenvalue weighted by Crippen LogP contribution is 2.52. The zero-order chi connectivity index (χ0) is 13.1. The molecule has 0 amide bonds. The molecule has 0 radical (unpaired) electrons. The minimum absolute atomic E-state index is 0.0536. The van der Waals surface area contributed by atoms with Crippen LogP contribution in [0.15, 0.2) is 34.6 Å². The summed E-state index contributed by atoms with van der Waals surface area (Å²) >= 11 is 0. The van der Waals surface area contributed by atoms with E-state index < -0.39 is 0 Å². The summed E-state index contributed by atoms with van der Waals surface area (Å²) in [5.41, 5.74) is 2.68. The molecule has 0 aromatic rings. The van der Waals surface area contributed by atoms with Crippen LogP contribution in [0, 0.1) is 11.3 Å². The van der Waals surface area contributed by atoms with Gasteiger partial charge in [-0.3, -0.25) is 4.79 Å². The van der Waals surface area contributed by atoms with Gasteiger partial charge in [-0.25, -0.2) is 4.79 Å². The van der Waals surface area contributed by atoms with E-state index in [4.69, 9.17) is 4.74 Å². The number of esters is 1. The molecule has 1 aliphatic heterocycles. The maximum atomic E-state index is 11.7. The number of ketones is 1. The van der Waals surface area contributed by atoms with Crippen molar-refractivity contribution in [2.75, 3.05) is 0 Å². The van der Waals surface area contributed by atoms with Crippen molar-refractivity contribution in [3.05, 3.63) is 34.6 Å². The Morgan fingerprint density at radius 2 is 2.06 bits per heavy atom. The summed E-state index contributed by atoms with van der Waals surface area (Å²) in [7, 11) is 0. The molecule has 94 valence electrons. The van der Waals surface area contributed by atoms with Crippen LogP contribution in [-0.2, 0) is 14.3 Å². The van der Waals surface area contributed by atoms with Gasteiger partial charge in [0.25, 0.3) is 0 Å². The zero-order valence-electron chi connectivity index (χ0n) is 10.9. The molecule has 2 atom stereocenters. The fourth-order valence-corrected chi connectivity index (χ4v) is 3.08. The number of rotatable bonds is 0. The Hall–Kier alpha value is -1.64. The molecule has 0 aromatic carbocycles. The lowest BCUT2D eigenvalue weighted by Crippen LogP contribution is -2.35. The smallest absolute Gasteiger partial charge is 0.339 e. The molecule has 3 heteroatoms. The molecule has 0 N–H and O–H groups in total. The van der Waals surface area contributed by atoms with E-state index in [0.29, 0.717) is 23.7 Å². The van der Waals surface area contributed by atoms with Crippen molar-refractivity contribution in [3.63, 3.8) is 0 Å². The number of hydrogen-bond acceptors (Lipinski definition) is 3. The van der Waals surface area contributed by atoms with Crippen LogP contribution in [0.2, 0.25) is 0 Å². The van der Waals surface area contributed by atoms with Crippen LogP contribution in [0.4, 0.5) is 0 Å². The van der Waals surface area contributed by atoms with Crippen LogP contribution < -0.4 is 0 Å². The zero-order valence-corrected chi connectivity index (χ0v) is 10.9. The van der Waals surface area contributed by atoms with Crippen molar-refractivity contribution < 1.29 is 14.3 Å². The molecule has 0 saturated heterocycles. The number of fused-ring (bicyclic) bond motifs is 2. The van der Waals surface area contributed by atoms with Gasteiger partial charge in [0.05, 0.1) is 0 Å². The van der Waals surface area contributed by atoms with Gasteiger partial charge in [-0.15, -0.1) is 0 Å². The lowest BCUT2D eigenvalue weighted by atomic mass is 9.61. The molecule has 3 nitrogen and oxygen atoms in total. The third kappa shape index (κ3) is 1.36. The van der Waals surface area contributed by atoms with E-state index in [1.165, 1.54) is 0 Å². The second kappa shape index (κ2) is 3.44. The Kier molecular flexibility index (Phi) is 2.19. The largest absolute Gasteiger partial charge is 0.423 e. The number of carbonyl (C=O) groups is 2. The van der Waals surface area contributed by atoms with Crippen molar-refractivity contribution in [2.24, 2.45) is 11.3 Å². The third-order valence-electron chi connectivity index (χ3n) is 4.66. The number of allylic oxidation sites excluding steroid dienone is 4. The number of ether oxygens (including phenoxy) is 1. The van der Waals surface area contributed by atoms with Gasteiger partial charge in [0.2, 0.25) is 0 Å². The van der Waals surface area contributed by atoms with Crippen molar-refractivity contribution >= 4 is 11.8 Å². The van der Waals surface area contributed by atoms with Gasteiger partial charge in [-0.05, 0) is 42.4 Å². The second-order valence-corrected chi connectivity index (χ2v) is 5.77. The lowest BCUT2D eigenvalue weighted by Gasteiger charge is -2.42. The molecule has 0 saturated carbocycles. The first kappa shape index (κ1) is 11.5. The van der Waals surface area contributed by atoms with Crippen molar-refractivity contribution in [3.8, 4) is 0 Å². The van der Waals surface area contributed by atoms with Crippen molar-refractivity contribution in [2.45, 2.75) is 33.6 Å². The van der Waals surface area contributed by atoms with Crippen LogP contribution in [-0.4, -0.2) is 11.8 Å². The van der Waals surface area contributed by atoms with Gasteiger partial charge in [0.1, 0.15) is 5.76 Å². The van der Waals surface area contributed by atoms with Gasteiger partial charge in [0, 0.05) is 17.6 Å². The topological polar surface area (TPSA) is 43.4 Å². The second-order valence-electron chi connectivity index (χ2n) is 5.77. The fraction of sp³-hybridized carbons (Fsp3) is 0.467. The van der Waals surface area contributed by atoms with Crippen LogP contribution >= 0.6 is 0 Å². The molecule has 2 aliphatic carbocycles. The number of carbonyl (C=O) groups excluding carboxylic acids is 2. The average Bonchev–Trinajstić information content (AvgIpc) is 2.54. The van der Waals surface area contributed by atoms with E-state index >= 15 is 0 Å². The van der Waals surface area contributed by atoms with E-state index in [9.17, 15) is 9.59 Å². The SMILES string of the molecule is CC1=C2C[C@@]3(C)C(=CC(=O)C[C@@H]3C)C=C2OC1=O. The predicted molar refractivity (Wildman–Crippen MR) is 66.5 cm³/mol. The highest BCUT2D eigenvalue weighted by Gasteiger charge is 2.45. The van der Waals surface area contributed by atoms with Gasteiger partial charge >= 0.3 is 5.97 Å². The molecular formula is C15H16O3. The highest BCUT2D eigenvalue weighted by atomic mass is 16.5. The van der Waals surface area contributed by atoms with Gasteiger partial charge in [-0.1, -0.05) is 13.8 Å². The molecule has 1 heterocycles. The summed E-state index contributed by atoms with van der Waals surface area (Å²) < 4.78 is 5.24. The van der Waals surface area contributed by atoms with Gasteiger partial charge in [-0.2, -0.15) is 0 Å². The molecule has 0 unspecified atom stereocenters.